The summed E-state index contributed by atoms with van der Waals surface area (Å²) in [6.07, 6.45) is 2.78. The lowest BCUT2D eigenvalue weighted by atomic mass is 10.0. The van der Waals surface area contributed by atoms with Gasteiger partial charge < -0.3 is 4.98 Å². The van der Waals surface area contributed by atoms with Crippen LogP contribution in [-0.4, -0.2) is 29.2 Å². The summed E-state index contributed by atoms with van der Waals surface area (Å²) >= 11 is 6.55. The average molecular weight is 572 g/mol. The number of halogens is 3. The van der Waals surface area contributed by atoms with Crippen molar-refractivity contribution in [2.75, 3.05) is 6.26 Å². The number of nitrogens with one attached hydrogen (secondary N) is 1. The first-order chi connectivity index (χ1) is 18.3. The Kier molecular flexibility index (Phi) is 6.59. The molecule has 39 heavy (non-hydrogen) atoms. The first kappa shape index (κ1) is 27.0. The molecular weight excluding hydrogens is 548 g/mol. The first-order valence-corrected chi connectivity index (χ1v) is 14.3. The second kappa shape index (κ2) is 9.53. The minimum atomic E-state index is -3.92. The lowest BCUT2D eigenvalue weighted by Crippen LogP contribution is -2.24. The standard InChI is InChI=1S/C28H24ClF2N3O4S/c1-13-12-32-25(17-6-5-7-21(23(17)30)39(4,37)38)24(31)26(13)34-15(3)10-20(22(29)28(34)36)19-11-18(19)16-9-8-14(2)33-27(16)35/h5-10,12,18-19H,11H2,1-4H3,(H,33,35)/t18-,19+/m1/s1. The number of aromatic amines is 1. The first-order valence-electron chi connectivity index (χ1n) is 12.1. The van der Waals surface area contributed by atoms with E-state index in [-0.39, 0.29) is 33.7 Å². The fraction of sp³-hybridized carbons (Fsp3) is 0.250. The highest BCUT2D eigenvalue weighted by Gasteiger charge is 2.43. The van der Waals surface area contributed by atoms with Crippen LogP contribution in [0.25, 0.3) is 16.9 Å². The van der Waals surface area contributed by atoms with E-state index < -0.39 is 37.6 Å². The van der Waals surface area contributed by atoms with Gasteiger partial charge in [0.2, 0.25) is 0 Å². The topological polar surface area (TPSA) is 102 Å². The molecule has 0 bridgehead atoms. The molecule has 3 aromatic heterocycles. The smallest absolute Gasteiger partial charge is 0.274 e. The molecule has 1 aliphatic carbocycles. The molecule has 0 amide bonds. The number of aryl methyl sites for hydroxylation is 3. The van der Waals surface area contributed by atoms with Gasteiger partial charge in [-0.25, -0.2) is 17.2 Å². The Morgan fingerprint density at radius 1 is 1.03 bits per heavy atom. The number of H-pyrrole nitrogens is 1. The van der Waals surface area contributed by atoms with Gasteiger partial charge in [0.15, 0.2) is 21.5 Å². The van der Waals surface area contributed by atoms with Crippen LogP contribution in [0.5, 0.6) is 0 Å². The number of nitrogens with zero attached hydrogens (tertiary/aromatic N) is 2. The van der Waals surface area contributed by atoms with Crippen LogP contribution in [0.15, 0.2) is 57.1 Å². The van der Waals surface area contributed by atoms with Gasteiger partial charge in [-0.15, -0.1) is 0 Å². The Labute approximate surface area is 228 Å². The van der Waals surface area contributed by atoms with Gasteiger partial charge >= 0.3 is 0 Å². The third-order valence-corrected chi connectivity index (χ3v) is 8.55. The zero-order chi connectivity index (χ0) is 28.4. The van der Waals surface area contributed by atoms with E-state index in [0.717, 1.165) is 22.6 Å². The lowest BCUT2D eigenvalue weighted by Gasteiger charge is -2.18. The summed E-state index contributed by atoms with van der Waals surface area (Å²) in [5.74, 6) is -2.37. The Morgan fingerprint density at radius 2 is 1.72 bits per heavy atom. The van der Waals surface area contributed by atoms with Crippen molar-refractivity contribution in [3.05, 3.63) is 108 Å². The Bertz CT molecular complexity index is 1900. The fourth-order valence-electron chi connectivity index (χ4n) is 5.05. The highest BCUT2D eigenvalue weighted by molar-refractivity contribution is 7.90. The van der Waals surface area contributed by atoms with Gasteiger partial charge in [-0.05, 0) is 74.4 Å². The van der Waals surface area contributed by atoms with Crippen LogP contribution in [0.4, 0.5) is 8.78 Å². The van der Waals surface area contributed by atoms with Crippen LogP contribution >= 0.6 is 11.6 Å². The largest absolute Gasteiger partial charge is 0.326 e. The Hall–Kier alpha value is -3.63. The van der Waals surface area contributed by atoms with Crippen molar-refractivity contribution in [2.45, 2.75) is 43.9 Å². The van der Waals surface area contributed by atoms with Crippen molar-refractivity contribution < 1.29 is 17.2 Å². The van der Waals surface area contributed by atoms with Gasteiger partial charge in [0.25, 0.3) is 11.1 Å². The average Bonchev–Trinajstić information content (AvgIpc) is 3.63. The summed E-state index contributed by atoms with van der Waals surface area (Å²) in [6.45, 7) is 4.96. The fourth-order valence-corrected chi connectivity index (χ4v) is 6.09. The maximum atomic E-state index is 16.0. The SMILES string of the molecule is Cc1ccc([C@H]2C[C@@H]2c2cc(C)n(-c3c(C)cnc(-c4cccc(S(C)(=O)=O)c4F)c3F)c(=O)c2Cl)c(=O)[nH]1. The third kappa shape index (κ3) is 4.61. The number of hydrogen-bond acceptors (Lipinski definition) is 5. The summed E-state index contributed by atoms with van der Waals surface area (Å²) in [5, 5.41) is -0.0981. The molecule has 1 aliphatic rings. The van der Waals surface area contributed by atoms with E-state index in [1.165, 1.54) is 18.3 Å². The molecule has 0 unspecified atom stereocenters. The van der Waals surface area contributed by atoms with Crippen molar-refractivity contribution in [2.24, 2.45) is 0 Å². The Balaban J connectivity index is 1.62. The van der Waals surface area contributed by atoms with Crippen molar-refractivity contribution >= 4 is 21.4 Å². The molecule has 11 heteroatoms. The second-order valence-corrected chi connectivity index (χ2v) is 12.3. The van der Waals surface area contributed by atoms with Crippen molar-refractivity contribution in [3.63, 3.8) is 0 Å². The van der Waals surface area contributed by atoms with Crippen molar-refractivity contribution in [1.29, 1.82) is 0 Å². The van der Waals surface area contributed by atoms with E-state index in [9.17, 15) is 18.0 Å². The minimum absolute atomic E-state index is 0.0981. The van der Waals surface area contributed by atoms with Gasteiger partial charge in [-0.2, -0.15) is 0 Å². The molecule has 202 valence electrons. The maximum absolute atomic E-state index is 16.0. The molecule has 1 fully saturated rings. The zero-order valence-electron chi connectivity index (χ0n) is 21.5. The lowest BCUT2D eigenvalue weighted by molar-refractivity contribution is 0.569. The van der Waals surface area contributed by atoms with Gasteiger partial charge in [0.05, 0.1) is 5.69 Å². The summed E-state index contributed by atoms with van der Waals surface area (Å²) in [4.78, 5) is 32.2. The maximum Gasteiger partial charge on any atom is 0.274 e. The van der Waals surface area contributed by atoms with Crippen LogP contribution in [0.3, 0.4) is 0 Å². The van der Waals surface area contributed by atoms with Crippen LogP contribution in [0, 0.1) is 32.4 Å². The molecular formula is C28H24ClF2N3O4S. The van der Waals surface area contributed by atoms with Gasteiger partial charge in [-0.3, -0.25) is 19.1 Å². The van der Waals surface area contributed by atoms with E-state index in [4.69, 9.17) is 11.6 Å². The molecule has 0 spiro atoms. The molecule has 1 aromatic carbocycles. The van der Waals surface area contributed by atoms with Gasteiger partial charge in [0, 0.05) is 35.0 Å². The summed E-state index contributed by atoms with van der Waals surface area (Å²) in [5.41, 5.74) is 0.796. The number of pyridine rings is 3. The second-order valence-electron chi connectivity index (χ2n) is 9.91. The number of rotatable bonds is 5. The Morgan fingerprint density at radius 3 is 2.38 bits per heavy atom. The number of aromatic nitrogens is 3. The number of hydrogen-bond donors (Lipinski definition) is 1. The van der Waals surface area contributed by atoms with Gasteiger partial charge in [0.1, 0.15) is 15.6 Å². The molecule has 5 rings (SSSR count). The van der Waals surface area contributed by atoms with E-state index in [0.29, 0.717) is 28.8 Å². The predicted molar refractivity (Wildman–Crippen MR) is 145 cm³/mol. The van der Waals surface area contributed by atoms with E-state index in [1.54, 1.807) is 32.9 Å². The molecule has 0 radical (unpaired) electrons. The van der Waals surface area contributed by atoms with E-state index in [2.05, 4.69) is 9.97 Å². The van der Waals surface area contributed by atoms with Gasteiger partial charge in [-0.1, -0.05) is 23.7 Å². The van der Waals surface area contributed by atoms with E-state index >= 15 is 8.78 Å². The van der Waals surface area contributed by atoms with Crippen LogP contribution < -0.4 is 11.1 Å². The normalized spacial score (nSPS) is 16.9. The van der Waals surface area contributed by atoms with Crippen LogP contribution in [0.1, 0.15) is 46.3 Å². The molecule has 1 N–H and O–H groups in total. The number of benzene rings is 1. The third-order valence-electron chi connectivity index (χ3n) is 7.05. The molecule has 0 aliphatic heterocycles. The molecule has 2 atom stereocenters. The molecule has 3 heterocycles. The summed E-state index contributed by atoms with van der Waals surface area (Å²) in [7, 11) is -3.92. The zero-order valence-corrected chi connectivity index (χ0v) is 23.0. The molecule has 4 aromatic rings. The monoisotopic (exact) mass is 571 g/mol. The van der Waals surface area contributed by atoms with Crippen LogP contribution in [0.2, 0.25) is 5.02 Å². The summed E-state index contributed by atoms with van der Waals surface area (Å²) < 4.78 is 56.3. The summed E-state index contributed by atoms with van der Waals surface area (Å²) in [6, 6.07) is 8.89. The quantitative estimate of drug-likeness (QED) is 0.358. The van der Waals surface area contributed by atoms with Crippen LogP contribution in [-0.2, 0) is 9.84 Å². The van der Waals surface area contributed by atoms with E-state index in [1.807, 2.05) is 6.07 Å². The highest BCUT2D eigenvalue weighted by atomic mass is 35.5. The molecule has 0 saturated heterocycles. The number of sulfone groups is 1. The predicted octanol–water partition coefficient (Wildman–Crippen LogP) is 5.12. The molecule has 7 nitrogen and oxygen atoms in total. The highest BCUT2D eigenvalue weighted by Crippen LogP contribution is 2.55. The van der Waals surface area contributed by atoms with Crippen molar-refractivity contribution in [3.8, 4) is 16.9 Å². The van der Waals surface area contributed by atoms with Crippen molar-refractivity contribution in [1.82, 2.24) is 14.5 Å². The molecule has 1 saturated carbocycles. The minimum Gasteiger partial charge on any atom is -0.326 e.